The fourth-order valence-corrected chi connectivity index (χ4v) is 3.10. The molecule has 4 nitrogen and oxygen atoms in total. The van der Waals surface area contributed by atoms with Gasteiger partial charge in [0, 0.05) is 0 Å². The SMILES string of the molecule is CC1CCCC(CO)(NC(=O)Nc2ccccc2Cl)C1. The molecule has 0 aromatic heterocycles. The summed E-state index contributed by atoms with van der Waals surface area (Å²) in [4.78, 5) is 12.1. The van der Waals surface area contributed by atoms with E-state index in [-0.39, 0.29) is 12.6 Å². The van der Waals surface area contributed by atoms with Crippen molar-refractivity contribution < 1.29 is 9.90 Å². The van der Waals surface area contributed by atoms with Crippen molar-refractivity contribution >= 4 is 23.3 Å². The molecule has 1 aliphatic carbocycles. The van der Waals surface area contributed by atoms with Crippen LogP contribution in [-0.4, -0.2) is 23.3 Å². The van der Waals surface area contributed by atoms with E-state index < -0.39 is 5.54 Å². The monoisotopic (exact) mass is 296 g/mol. The maximum Gasteiger partial charge on any atom is 0.319 e. The summed E-state index contributed by atoms with van der Waals surface area (Å²) in [6.07, 6.45) is 3.78. The number of urea groups is 1. The van der Waals surface area contributed by atoms with Crippen LogP contribution < -0.4 is 10.6 Å². The molecule has 1 aromatic carbocycles. The highest BCUT2D eigenvalue weighted by molar-refractivity contribution is 6.33. The predicted octanol–water partition coefficient (Wildman–Crippen LogP) is 3.40. The van der Waals surface area contributed by atoms with Gasteiger partial charge >= 0.3 is 6.03 Å². The number of para-hydroxylation sites is 1. The summed E-state index contributed by atoms with van der Waals surface area (Å²) in [5, 5.41) is 15.8. The summed E-state index contributed by atoms with van der Waals surface area (Å²) in [7, 11) is 0. The van der Waals surface area contributed by atoms with Crippen LogP contribution in [-0.2, 0) is 0 Å². The molecule has 1 fully saturated rings. The second kappa shape index (κ2) is 6.46. The van der Waals surface area contributed by atoms with Crippen LogP contribution in [0.15, 0.2) is 24.3 Å². The molecule has 110 valence electrons. The number of amides is 2. The Hall–Kier alpha value is -1.26. The van der Waals surface area contributed by atoms with E-state index in [2.05, 4.69) is 17.6 Å². The summed E-state index contributed by atoms with van der Waals surface area (Å²) in [5.41, 5.74) is 0.0619. The zero-order valence-corrected chi connectivity index (χ0v) is 12.4. The summed E-state index contributed by atoms with van der Waals surface area (Å²) in [6.45, 7) is 2.12. The third-order valence-corrected chi connectivity index (χ3v) is 4.22. The Kier molecular flexibility index (Phi) is 4.89. The molecule has 0 bridgehead atoms. The first-order valence-corrected chi connectivity index (χ1v) is 7.37. The Morgan fingerprint density at radius 1 is 1.50 bits per heavy atom. The molecule has 5 heteroatoms. The molecule has 20 heavy (non-hydrogen) atoms. The third kappa shape index (κ3) is 3.64. The van der Waals surface area contributed by atoms with Crippen molar-refractivity contribution in [3.63, 3.8) is 0 Å². The number of aliphatic hydroxyl groups is 1. The first-order valence-electron chi connectivity index (χ1n) is 6.99. The number of carbonyl (C=O) groups is 1. The van der Waals surface area contributed by atoms with Gasteiger partial charge in [-0.3, -0.25) is 0 Å². The second-order valence-corrected chi connectivity index (χ2v) is 6.11. The van der Waals surface area contributed by atoms with E-state index in [9.17, 15) is 9.90 Å². The highest BCUT2D eigenvalue weighted by Gasteiger charge is 2.35. The number of carbonyl (C=O) groups excluding carboxylic acids is 1. The van der Waals surface area contributed by atoms with Crippen LogP contribution in [0.25, 0.3) is 0 Å². The van der Waals surface area contributed by atoms with Gasteiger partial charge in [-0.2, -0.15) is 0 Å². The lowest BCUT2D eigenvalue weighted by Crippen LogP contribution is -2.55. The van der Waals surface area contributed by atoms with Crippen LogP contribution in [0.3, 0.4) is 0 Å². The Balaban J connectivity index is 2.01. The van der Waals surface area contributed by atoms with Crippen LogP contribution in [0.4, 0.5) is 10.5 Å². The highest BCUT2D eigenvalue weighted by Crippen LogP contribution is 2.32. The van der Waals surface area contributed by atoms with Crippen LogP contribution in [0.5, 0.6) is 0 Å². The molecule has 3 N–H and O–H groups in total. The maximum absolute atomic E-state index is 12.1. The quantitative estimate of drug-likeness (QED) is 0.800. The zero-order chi connectivity index (χ0) is 14.6. The van der Waals surface area contributed by atoms with Gasteiger partial charge in [0.15, 0.2) is 0 Å². The van der Waals surface area contributed by atoms with Crippen molar-refractivity contribution in [3.8, 4) is 0 Å². The largest absolute Gasteiger partial charge is 0.394 e. The average molecular weight is 297 g/mol. The number of hydrogen-bond acceptors (Lipinski definition) is 2. The van der Waals surface area contributed by atoms with Gasteiger partial charge in [-0.1, -0.05) is 43.5 Å². The van der Waals surface area contributed by atoms with Crippen molar-refractivity contribution in [1.29, 1.82) is 0 Å². The van der Waals surface area contributed by atoms with Gasteiger partial charge in [-0.05, 0) is 30.9 Å². The molecule has 0 saturated heterocycles. The van der Waals surface area contributed by atoms with E-state index in [4.69, 9.17) is 11.6 Å². The van der Waals surface area contributed by atoms with Gasteiger partial charge < -0.3 is 15.7 Å². The first-order chi connectivity index (χ1) is 9.54. The van der Waals surface area contributed by atoms with Crippen molar-refractivity contribution in [2.24, 2.45) is 5.92 Å². The average Bonchev–Trinajstić information content (AvgIpc) is 2.41. The highest BCUT2D eigenvalue weighted by atomic mass is 35.5. The van der Waals surface area contributed by atoms with Gasteiger partial charge in [0.05, 0.1) is 22.9 Å². The van der Waals surface area contributed by atoms with Gasteiger partial charge in [-0.15, -0.1) is 0 Å². The van der Waals surface area contributed by atoms with Gasteiger partial charge in [0.25, 0.3) is 0 Å². The summed E-state index contributed by atoms with van der Waals surface area (Å²) < 4.78 is 0. The van der Waals surface area contributed by atoms with Gasteiger partial charge in [-0.25, -0.2) is 4.79 Å². The maximum atomic E-state index is 12.1. The van der Waals surface area contributed by atoms with Crippen molar-refractivity contribution in [2.45, 2.75) is 38.1 Å². The number of nitrogens with one attached hydrogen (secondary N) is 2. The minimum absolute atomic E-state index is 0.0344. The molecule has 0 aliphatic heterocycles. The number of benzene rings is 1. The van der Waals surface area contributed by atoms with E-state index >= 15 is 0 Å². The van der Waals surface area contributed by atoms with Crippen LogP contribution in [0.1, 0.15) is 32.6 Å². The van der Waals surface area contributed by atoms with Crippen molar-refractivity contribution in [3.05, 3.63) is 29.3 Å². The number of halogens is 1. The smallest absolute Gasteiger partial charge is 0.319 e. The van der Waals surface area contributed by atoms with E-state index in [1.54, 1.807) is 12.1 Å². The lowest BCUT2D eigenvalue weighted by atomic mass is 9.77. The third-order valence-electron chi connectivity index (χ3n) is 3.89. The summed E-state index contributed by atoms with van der Waals surface area (Å²) >= 11 is 6.01. The number of hydrogen-bond donors (Lipinski definition) is 3. The van der Waals surface area contributed by atoms with E-state index in [0.29, 0.717) is 16.6 Å². The van der Waals surface area contributed by atoms with Crippen molar-refractivity contribution in [1.82, 2.24) is 5.32 Å². The second-order valence-electron chi connectivity index (χ2n) is 5.70. The topological polar surface area (TPSA) is 61.4 Å². The Bertz CT molecular complexity index is 481. The Morgan fingerprint density at radius 3 is 2.90 bits per heavy atom. The van der Waals surface area contributed by atoms with Gasteiger partial charge in [0.1, 0.15) is 0 Å². The molecule has 1 aromatic rings. The van der Waals surface area contributed by atoms with Crippen molar-refractivity contribution in [2.75, 3.05) is 11.9 Å². The number of rotatable bonds is 3. The molecule has 2 amide bonds. The van der Waals surface area contributed by atoms with Crippen LogP contribution in [0, 0.1) is 5.92 Å². The zero-order valence-electron chi connectivity index (χ0n) is 11.7. The molecule has 0 spiro atoms. The number of aliphatic hydroxyl groups excluding tert-OH is 1. The Morgan fingerprint density at radius 2 is 2.25 bits per heavy atom. The minimum atomic E-state index is -0.511. The lowest BCUT2D eigenvalue weighted by Gasteiger charge is -2.39. The van der Waals surface area contributed by atoms with Crippen LogP contribution >= 0.6 is 11.6 Å². The first kappa shape index (κ1) is 15.1. The molecule has 1 aliphatic rings. The number of anilines is 1. The summed E-state index contributed by atoms with van der Waals surface area (Å²) in [5.74, 6) is 0.511. The fourth-order valence-electron chi connectivity index (χ4n) is 2.91. The molecular weight excluding hydrogens is 276 g/mol. The molecule has 2 rings (SSSR count). The molecule has 2 unspecified atom stereocenters. The predicted molar refractivity (Wildman–Crippen MR) is 81.1 cm³/mol. The fraction of sp³-hybridized carbons (Fsp3) is 0.533. The van der Waals surface area contributed by atoms with E-state index in [0.717, 1.165) is 25.7 Å². The molecule has 0 heterocycles. The van der Waals surface area contributed by atoms with E-state index in [1.807, 2.05) is 12.1 Å². The minimum Gasteiger partial charge on any atom is -0.394 e. The Labute approximate surface area is 124 Å². The van der Waals surface area contributed by atoms with E-state index in [1.165, 1.54) is 0 Å². The van der Waals surface area contributed by atoms with Crippen LogP contribution in [0.2, 0.25) is 5.02 Å². The molecule has 2 atom stereocenters. The molecular formula is C15H21ClN2O2. The lowest BCUT2D eigenvalue weighted by molar-refractivity contribution is 0.108. The van der Waals surface area contributed by atoms with Gasteiger partial charge in [0.2, 0.25) is 0 Å². The summed E-state index contributed by atoms with van der Waals surface area (Å²) in [6, 6.07) is 6.77. The molecule has 0 radical (unpaired) electrons. The normalized spacial score (nSPS) is 26.1. The standard InChI is InChI=1S/C15H21ClN2O2/c1-11-5-4-8-15(9-11,10-19)18-14(20)17-13-7-3-2-6-12(13)16/h2-3,6-7,11,19H,4-5,8-10H2,1H3,(H2,17,18,20). The molecule has 1 saturated carbocycles.